The molecule has 6 aromatic rings. The molecular weight excluding hydrogens is 725 g/mol. The molecule has 0 aliphatic carbocycles. The topological polar surface area (TPSA) is 153 Å². The molecule has 16 heteroatoms. The van der Waals surface area contributed by atoms with E-state index in [4.69, 9.17) is 31.5 Å². The largest absolute Gasteiger partial charge is 0.497 e. The molecule has 12 nitrogen and oxygen atoms in total. The summed E-state index contributed by atoms with van der Waals surface area (Å²) < 4.78 is 61.6. The normalized spacial score (nSPS) is 11.5. The Balaban J connectivity index is 1.43. The van der Waals surface area contributed by atoms with E-state index in [1.54, 1.807) is 20.3 Å². The number of nitrogens with zero attached hydrogens (tertiary/aromatic N) is 5. The summed E-state index contributed by atoms with van der Waals surface area (Å²) in [5.41, 5.74) is 6.20. The van der Waals surface area contributed by atoms with E-state index in [0.717, 1.165) is 17.5 Å². The number of halogens is 4. The first kappa shape index (κ1) is 37.8. The Morgan fingerprint density at radius 3 is 2.20 bits per heavy atom. The summed E-state index contributed by atoms with van der Waals surface area (Å²) in [4.78, 5) is 26.4. The predicted octanol–water partition coefficient (Wildman–Crippen LogP) is 6.73. The number of nitrogens with two attached hydrogens (primary N) is 1. The number of hydrogen-bond donors (Lipinski definition) is 3. The summed E-state index contributed by atoms with van der Waals surface area (Å²) in [5.74, 6) is 1.72. The lowest BCUT2D eigenvalue weighted by Crippen LogP contribution is -2.24. The Morgan fingerprint density at radius 2 is 1.61 bits per heavy atom. The minimum absolute atomic E-state index is 0.0127. The highest BCUT2D eigenvalue weighted by Gasteiger charge is 2.38. The minimum Gasteiger partial charge on any atom is -0.497 e. The number of aryl methyl sites for hydroxylation is 1. The third-order valence-corrected chi connectivity index (χ3v) is 9.01. The van der Waals surface area contributed by atoms with Crippen LogP contribution in [0.5, 0.6) is 17.2 Å². The van der Waals surface area contributed by atoms with Crippen molar-refractivity contribution in [3.8, 4) is 28.5 Å². The van der Waals surface area contributed by atoms with Gasteiger partial charge in [-0.25, -0.2) is 9.97 Å². The molecule has 0 saturated heterocycles. The number of nitrogen functional groups attached to an aromatic ring is 1. The summed E-state index contributed by atoms with van der Waals surface area (Å²) in [6, 6.07) is 19.2. The van der Waals surface area contributed by atoms with Crippen molar-refractivity contribution in [2.24, 2.45) is 0 Å². The van der Waals surface area contributed by atoms with Crippen molar-refractivity contribution in [3.05, 3.63) is 122 Å². The Bertz CT molecular complexity index is 2260. The Morgan fingerprint density at radius 1 is 0.963 bits per heavy atom. The molecule has 3 aromatic heterocycles. The molecule has 6 rings (SSSR count). The number of benzene rings is 3. The molecule has 0 amide bonds. The molecule has 0 bridgehead atoms. The summed E-state index contributed by atoms with van der Waals surface area (Å²) >= 11 is 6.94. The molecule has 0 aliphatic heterocycles. The van der Waals surface area contributed by atoms with E-state index in [1.165, 1.54) is 25.3 Å². The van der Waals surface area contributed by atoms with Crippen molar-refractivity contribution in [3.63, 3.8) is 0 Å². The molecule has 3 aromatic carbocycles. The van der Waals surface area contributed by atoms with Gasteiger partial charge in [0.05, 0.1) is 48.5 Å². The average molecular weight is 761 g/mol. The Labute approximate surface area is 313 Å². The molecule has 0 fully saturated rings. The van der Waals surface area contributed by atoms with Crippen LogP contribution >= 0.6 is 11.6 Å². The van der Waals surface area contributed by atoms with Gasteiger partial charge in [-0.3, -0.25) is 4.79 Å². The van der Waals surface area contributed by atoms with Gasteiger partial charge < -0.3 is 35.1 Å². The van der Waals surface area contributed by atoms with E-state index >= 15 is 0 Å². The fourth-order valence-corrected chi connectivity index (χ4v) is 6.23. The van der Waals surface area contributed by atoms with Crippen molar-refractivity contribution in [2.45, 2.75) is 32.7 Å². The molecule has 54 heavy (non-hydrogen) atoms. The van der Waals surface area contributed by atoms with Crippen LogP contribution in [0.4, 0.5) is 24.8 Å². The van der Waals surface area contributed by atoms with Crippen LogP contribution in [0.15, 0.2) is 84.0 Å². The number of pyridine rings is 1. The van der Waals surface area contributed by atoms with Gasteiger partial charge in [-0.05, 0) is 66.1 Å². The minimum atomic E-state index is -4.82. The van der Waals surface area contributed by atoms with Gasteiger partial charge in [0.15, 0.2) is 11.6 Å². The van der Waals surface area contributed by atoms with Gasteiger partial charge in [0.25, 0.3) is 5.56 Å². The first-order chi connectivity index (χ1) is 26.0. The lowest BCUT2D eigenvalue weighted by atomic mass is 9.99. The molecule has 0 radical (unpaired) electrons. The quantitative estimate of drug-likeness (QED) is 0.101. The van der Waals surface area contributed by atoms with E-state index < -0.39 is 23.0 Å². The third kappa shape index (κ3) is 8.48. The molecule has 3 heterocycles. The fraction of sp³-hybridized carbons (Fsp3) is 0.237. The average Bonchev–Trinajstić information content (AvgIpc) is 3.15. The monoisotopic (exact) mass is 760 g/mol. The summed E-state index contributed by atoms with van der Waals surface area (Å²) in [5, 5.41) is 10.5. The number of rotatable bonds is 14. The molecule has 0 aliphatic rings. The SMILES string of the molecule is COc1ccc(CN(Cc2ccc(OC)cc2)c2cc(C)c(C(F)(F)F)c(-c3cc4nc[nH]c(=O)c4c(OCCNCc4ccnnc4N)c3Cl)n2)cc1. The maximum Gasteiger partial charge on any atom is 0.418 e. The van der Waals surface area contributed by atoms with E-state index in [0.29, 0.717) is 23.6 Å². The zero-order valence-corrected chi connectivity index (χ0v) is 30.3. The zero-order chi connectivity index (χ0) is 38.4. The summed E-state index contributed by atoms with van der Waals surface area (Å²) in [6.45, 7) is 2.55. The van der Waals surface area contributed by atoms with E-state index in [9.17, 15) is 18.0 Å². The van der Waals surface area contributed by atoms with Gasteiger partial charge in [-0.1, -0.05) is 35.9 Å². The second-order valence-electron chi connectivity index (χ2n) is 12.2. The molecule has 0 spiro atoms. The highest BCUT2D eigenvalue weighted by molar-refractivity contribution is 6.36. The van der Waals surface area contributed by atoms with Gasteiger partial charge in [-0.2, -0.15) is 18.3 Å². The van der Waals surface area contributed by atoms with Gasteiger partial charge >= 0.3 is 6.18 Å². The van der Waals surface area contributed by atoms with Crippen molar-refractivity contribution >= 4 is 34.1 Å². The molecular formula is C38H36ClF3N8O4. The number of fused-ring (bicyclic) bond motifs is 1. The smallest absolute Gasteiger partial charge is 0.418 e. The van der Waals surface area contributed by atoms with Gasteiger partial charge in [0.1, 0.15) is 29.3 Å². The number of methoxy groups -OCH3 is 2. The number of aromatic nitrogens is 5. The van der Waals surface area contributed by atoms with E-state index in [2.05, 4.69) is 30.5 Å². The van der Waals surface area contributed by atoms with Crippen LogP contribution < -0.4 is 35.7 Å². The van der Waals surface area contributed by atoms with Crippen LogP contribution in [-0.4, -0.2) is 52.5 Å². The van der Waals surface area contributed by atoms with Crippen molar-refractivity contribution in [1.29, 1.82) is 0 Å². The van der Waals surface area contributed by atoms with Crippen LogP contribution in [-0.2, 0) is 25.8 Å². The first-order valence-electron chi connectivity index (χ1n) is 16.7. The Hall–Kier alpha value is -5.93. The van der Waals surface area contributed by atoms with Gasteiger partial charge in [0, 0.05) is 37.3 Å². The standard InChI is InChI=1S/C38H36ClF3N8O4/c1-22-16-30(50(19-23-4-8-26(52-2)9-5-23)20-24-6-10-27(53-3)11-7-24)48-34(32(22)38(40,41)42)28-17-29-31(37(51)46-21-45-29)35(33(28)39)54-15-14-44-18-25-12-13-47-49-36(25)43/h4-13,16-17,21,44H,14-15,18-20H2,1-3H3,(H2,43,49)(H,45,46,51). The Kier molecular flexibility index (Phi) is 11.5. The molecule has 0 atom stereocenters. The summed E-state index contributed by atoms with van der Waals surface area (Å²) in [7, 11) is 3.13. The summed E-state index contributed by atoms with van der Waals surface area (Å²) in [6.07, 6.45) is -2.15. The fourth-order valence-electron chi connectivity index (χ4n) is 5.94. The maximum absolute atomic E-state index is 15.0. The van der Waals surface area contributed by atoms with Crippen molar-refractivity contribution in [2.75, 3.05) is 38.0 Å². The highest BCUT2D eigenvalue weighted by Crippen LogP contribution is 2.46. The number of H-pyrrole nitrogens is 1. The lowest BCUT2D eigenvalue weighted by molar-refractivity contribution is -0.137. The molecule has 0 saturated carbocycles. The van der Waals surface area contributed by atoms with Crippen LogP contribution in [0.25, 0.3) is 22.2 Å². The van der Waals surface area contributed by atoms with E-state index in [1.807, 2.05) is 53.4 Å². The van der Waals surface area contributed by atoms with Crippen LogP contribution in [0.2, 0.25) is 5.02 Å². The molecule has 4 N–H and O–H groups in total. The number of anilines is 2. The van der Waals surface area contributed by atoms with Crippen LogP contribution in [0.1, 0.15) is 27.8 Å². The second-order valence-corrected chi connectivity index (χ2v) is 12.6. The second kappa shape index (κ2) is 16.4. The number of ether oxygens (including phenoxy) is 3. The maximum atomic E-state index is 15.0. The molecule has 280 valence electrons. The lowest BCUT2D eigenvalue weighted by Gasteiger charge is -2.27. The number of hydrogen-bond acceptors (Lipinski definition) is 11. The number of alkyl halides is 3. The van der Waals surface area contributed by atoms with Gasteiger partial charge in [0.2, 0.25) is 0 Å². The third-order valence-electron chi connectivity index (χ3n) is 8.63. The zero-order valence-electron chi connectivity index (χ0n) is 29.5. The van der Waals surface area contributed by atoms with Crippen LogP contribution in [0, 0.1) is 6.92 Å². The van der Waals surface area contributed by atoms with Crippen LogP contribution in [0.3, 0.4) is 0 Å². The van der Waals surface area contributed by atoms with Crippen molar-refractivity contribution in [1.82, 2.24) is 30.5 Å². The number of aromatic amines is 1. The van der Waals surface area contributed by atoms with Crippen molar-refractivity contribution < 1.29 is 27.4 Å². The van der Waals surface area contributed by atoms with E-state index in [-0.39, 0.29) is 70.7 Å². The number of nitrogens with one attached hydrogen (secondary N) is 2. The van der Waals surface area contributed by atoms with Gasteiger partial charge in [-0.15, -0.1) is 5.10 Å². The first-order valence-corrected chi connectivity index (χ1v) is 17.0. The molecule has 0 unspecified atom stereocenters. The predicted molar refractivity (Wildman–Crippen MR) is 200 cm³/mol. The highest BCUT2D eigenvalue weighted by atomic mass is 35.5.